The number of rotatable bonds is 5. The number of fused-ring (bicyclic) bond motifs is 1. The predicted molar refractivity (Wildman–Crippen MR) is 104 cm³/mol. The van der Waals surface area contributed by atoms with Crippen LogP contribution in [0.2, 0.25) is 0 Å². The maximum atomic E-state index is 13.1. The third kappa shape index (κ3) is 3.36. The van der Waals surface area contributed by atoms with E-state index in [0.29, 0.717) is 31.6 Å². The summed E-state index contributed by atoms with van der Waals surface area (Å²) in [4.78, 5) is 38.2. The number of imide groups is 1. The first-order valence-electron chi connectivity index (χ1n) is 9.35. The molecule has 28 heavy (non-hydrogen) atoms. The normalized spacial score (nSPS) is 18.8. The van der Waals surface area contributed by atoms with E-state index in [4.69, 9.17) is 5.73 Å². The molecule has 1 unspecified atom stereocenters. The van der Waals surface area contributed by atoms with Gasteiger partial charge in [0.2, 0.25) is 11.8 Å². The molecule has 2 heterocycles. The van der Waals surface area contributed by atoms with Gasteiger partial charge in [0.1, 0.15) is 6.04 Å². The van der Waals surface area contributed by atoms with Crippen molar-refractivity contribution >= 4 is 23.4 Å². The average Bonchev–Trinajstić information content (AvgIpc) is 3.04. The Morgan fingerprint density at radius 2 is 1.89 bits per heavy atom. The van der Waals surface area contributed by atoms with Crippen LogP contribution in [0.3, 0.4) is 0 Å². The molecular weight excluding hydrogens is 356 g/mol. The summed E-state index contributed by atoms with van der Waals surface area (Å²) in [6, 6.07) is 13.0. The molecule has 2 aromatic carbocycles. The van der Waals surface area contributed by atoms with Gasteiger partial charge in [0.15, 0.2) is 0 Å². The van der Waals surface area contributed by atoms with Gasteiger partial charge in [-0.05, 0) is 35.2 Å². The summed E-state index contributed by atoms with van der Waals surface area (Å²) in [7, 11) is 0. The fourth-order valence-corrected chi connectivity index (χ4v) is 3.79. The van der Waals surface area contributed by atoms with Crippen LogP contribution in [-0.4, -0.2) is 28.7 Å². The molecule has 7 nitrogen and oxygen atoms in total. The number of nitrogens with two attached hydrogens (primary N) is 1. The third-order valence-electron chi connectivity index (χ3n) is 5.31. The fourth-order valence-electron chi connectivity index (χ4n) is 3.79. The summed E-state index contributed by atoms with van der Waals surface area (Å²) in [6.07, 6.45) is 0.620. The molecular formula is C21H22N4O3. The lowest BCUT2D eigenvalue weighted by molar-refractivity contribution is -0.136. The second-order valence-electron chi connectivity index (χ2n) is 7.11. The van der Waals surface area contributed by atoms with E-state index in [0.717, 1.165) is 22.4 Å². The number of benzene rings is 2. The number of hydrogen-bond donors (Lipinski definition) is 3. The van der Waals surface area contributed by atoms with Gasteiger partial charge in [0.05, 0.1) is 0 Å². The lowest BCUT2D eigenvalue weighted by Crippen LogP contribution is -2.52. The van der Waals surface area contributed by atoms with Crippen LogP contribution in [0, 0.1) is 0 Å². The quantitative estimate of drug-likeness (QED) is 0.684. The maximum absolute atomic E-state index is 13.1. The molecule has 2 aliphatic heterocycles. The van der Waals surface area contributed by atoms with Crippen molar-refractivity contribution in [2.45, 2.75) is 38.5 Å². The topological polar surface area (TPSA) is 105 Å². The van der Waals surface area contributed by atoms with E-state index in [1.54, 1.807) is 4.90 Å². The van der Waals surface area contributed by atoms with E-state index >= 15 is 0 Å². The van der Waals surface area contributed by atoms with Crippen molar-refractivity contribution in [2.75, 3.05) is 5.32 Å². The Labute approximate surface area is 162 Å². The highest BCUT2D eigenvalue weighted by Crippen LogP contribution is 2.30. The van der Waals surface area contributed by atoms with Gasteiger partial charge in [0, 0.05) is 37.3 Å². The fraction of sp³-hybridized carbons (Fsp3) is 0.286. The number of hydrogen-bond acceptors (Lipinski definition) is 5. The first-order valence-corrected chi connectivity index (χ1v) is 9.35. The molecule has 3 amide bonds. The second-order valence-corrected chi connectivity index (χ2v) is 7.11. The highest BCUT2D eigenvalue weighted by atomic mass is 16.2. The highest BCUT2D eigenvalue weighted by Gasteiger charge is 2.39. The first-order chi connectivity index (χ1) is 13.6. The van der Waals surface area contributed by atoms with Crippen LogP contribution >= 0.6 is 0 Å². The van der Waals surface area contributed by atoms with E-state index in [-0.39, 0.29) is 18.2 Å². The van der Waals surface area contributed by atoms with E-state index in [9.17, 15) is 14.4 Å². The molecule has 1 saturated heterocycles. The molecule has 1 atom stereocenters. The van der Waals surface area contributed by atoms with E-state index in [1.165, 1.54) is 0 Å². The number of nitrogens with zero attached hydrogens (tertiary/aromatic N) is 1. The molecule has 4 rings (SSSR count). The Morgan fingerprint density at radius 1 is 1.11 bits per heavy atom. The van der Waals surface area contributed by atoms with Crippen molar-refractivity contribution in [3.63, 3.8) is 0 Å². The SMILES string of the molecule is NCc1ccc(NCc2cccc3c2C(=O)N(C2CCC(=O)NC2=O)C3)cc1. The molecule has 0 bridgehead atoms. The number of carbonyl (C=O) groups is 3. The standard InChI is InChI=1S/C21H22N4O3/c22-10-13-4-6-16(7-5-13)23-11-14-2-1-3-15-12-25(21(28)19(14)15)17-8-9-18(26)24-20(17)27/h1-7,17,23H,8-12,22H2,(H,24,26,27). The molecule has 2 aliphatic rings. The Morgan fingerprint density at radius 3 is 2.61 bits per heavy atom. The van der Waals surface area contributed by atoms with E-state index < -0.39 is 11.9 Å². The number of piperidine rings is 1. The van der Waals surface area contributed by atoms with Crippen molar-refractivity contribution < 1.29 is 14.4 Å². The molecule has 0 spiro atoms. The van der Waals surface area contributed by atoms with Gasteiger partial charge in [-0.2, -0.15) is 0 Å². The van der Waals surface area contributed by atoms with Gasteiger partial charge in [0.25, 0.3) is 5.91 Å². The smallest absolute Gasteiger partial charge is 0.255 e. The zero-order valence-corrected chi connectivity index (χ0v) is 15.4. The summed E-state index contributed by atoms with van der Waals surface area (Å²) in [5, 5.41) is 5.67. The van der Waals surface area contributed by atoms with Crippen LogP contribution in [-0.2, 0) is 29.2 Å². The van der Waals surface area contributed by atoms with Gasteiger partial charge in [-0.3, -0.25) is 19.7 Å². The molecule has 1 fully saturated rings. The van der Waals surface area contributed by atoms with Crippen molar-refractivity contribution in [3.05, 3.63) is 64.7 Å². The van der Waals surface area contributed by atoms with E-state index in [1.807, 2.05) is 42.5 Å². The molecule has 0 aliphatic carbocycles. The van der Waals surface area contributed by atoms with Crippen LogP contribution in [0.4, 0.5) is 5.69 Å². The summed E-state index contributed by atoms with van der Waals surface area (Å²) >= 11 is 0. The molecule has 144 valence electrons. The summed E-state index contributed by atoms with van der Waals surface area (Å²) in [5.41, 5.74) is 10.1. The summed E-state index contributed by atoms with van der Waals surface area (Å²) < 4.78 is 0. The summed E-state index contributed by atoms with van der Waals surface area (Å²) in [6.45, 7) is 1.39. The molecule has 0 aromatic heterocycles. The highest BCUT2D eigenvalue weighted by molar-refractivity contribution is 6.06. The largest absolute Gasteiger partial charge is 0.381 e. The van der Waals surface area contributed by atoms with Gasteiger partial charge in [-0.1, -0.05) is 30.3 Å². The zero-order chi connectivity index (χ0) is 19.7. The predicted octanol–water partition coefficient (Wildman–Crippen LogP) is 1.52. The third-order valence-corrected chi connectivity index (χ3v) is 5.31. The van der Waals surface area contributed by atoms with Crippen molar-refractivity contribution in [3.8, 4) is 0 Å². The van der Waals surface area contributed by atoms with Crippen LogP contribution < -0.4 is 16.4 Å². The Balaban J connectivity index is 1.51. The molecule has 0 radical (unpaired) electrons. The van der Waals surface area contributed by atoms with Gasteiger partial charge < -0.3 is 16.0 Å². The Kier molecular flexibility index (Phi) is 4.83. The van der Waals surface area contributed by atoms with Crippen LogP contribution in [0.15, 0.2) is 42.5 Å². The number of anilines is 1. The number of carbonyl (C=O) groups excluding carboxylic acids is 3. The van der Waals surface area contributed by atoms with Crippen molar-refractivity contribution in [2.24, 2.45) is 5.73 Å². The van der Waals surface area contributed by atoms with Gasteiger partial charge >= 0.3 is 0 Å². The van der Waals surface area contributed by atoms with Gasteiger partial charge in [-0.15, -0.1) is 0 Å². The average molecular weight is 378 g/mol. The van der Waals surface area contributed by atoms with Crippen molar-refractivity contribution in [1.82, 2.24) is 10.2 Å². The lowest BCUT2D eigenvalue weighted by Gasteiger charge is -2.29. The zero-order valence-electron chi connectivity index (χ0n) is 15.4. The maximum Gasteiger partial charge on any atom is 0.255 e. The molecule has 4 N–H and O–H groups in total. The van der Waals surface area contributed by atoms with Gasteiger partial charge in [-0.25, -0.2) is 0 Å². The first kappa shape index (κ1) is 18.2. The number of nitrogens with one attached hydrogen (secondary N) is 2. The summed E-state index contributed by atoms with van der Waals surface area (Å²) in [5.74, 6) is -0.826. The van der Waals surface area contributed by atoms with E-state index in [2.05, 4.69) is 10.6 Å². The minimum Gasteiger partial charge on any atom is -0.381 e. The minimum atomic E-state index is -0.595. The Bertz CT molecular complexity index is 939. The second kappa shape index (κ2) is 7.44. The van der Waals surface area contributed by atoms with Crippen LogP contribution in [0.5, 0.6) is 0 Å². The van der Waals surface area contributed by atoms with Crippen molar-refractivity contribution in [1.29, 1.82) is 0 Å². The minimum absolute atomic E-state index is 0.152. The van der Waals surface area contributed by atoms with Crippen LogP contribution in [0.25, 0.3) is 0 Å². The molecule has 0 saturated carbocycles. The van der Waals surface area contributed by atoms with Crippen LogP contribution in [0.1, 0.15) is 39.9 Å². The Hall–Kier alpha value is -3.19. The lowest BCUT2D eigenvalue weighted by atomic mass is 10.0. The molecule has 7 heteroatoms. The molecule has 2 aromatic rings. The monoisotopic (exact) mass is 378 g/mol. The number of amides is 3.